The number of rotatable bonds is 3. The van der Waals surface area contributed by atoms with Crippen LogP contribution in [0.3, 0.4) is 0 Å². The topological polar surface area (TPSA) is 96.2 Å². The first-order chi connectivity index (χ1) is 8.08. The molecular weight excluding hydrogens is 268 g/mol. The fraction of sp³-hybridized carbons (Fsp3) is 0. The van der Waals surface area contributed by atoms with Gasteiger partial charge < -0.3 is 14.5 Å². The van der Waals surface area contributed by atoms with Crippen LogP contribution in [0, 0.1) is 0 Å². The summed E-state index contributed by atoms with van der Waals surface area (Å²) in [6.07, 6.45) is 1.21. The van der Waals surface area contributed by atoms with Gasteiger partial charge in [-0.2, -0.15) is 0 Å². The molecule has 0 atom stereocenters. The van der Waals surface area contributed by atoms with Crippen LogP contribution in [0.1, 0.15) is 10.6 Å². The highest BCUT2D eigenvalue weighted by molar-refractivity contribution is 7.99. The lowest BCUT2D eigenvalue weighted by atomic mass is 10.5. The van der Waals surface area contributed by atoms with E-state index in [1.54, 1.807) is 0 Å². The average molecular weight is 273 g/mol. The van der Waals surface area contributed by atoms with Crippen molar-refractivity contribution in [1.29, 1.82) is 0 Å². The molecule has 6 nitrogen and oxygen atoms in total. The SMILES string of the molecule is O=C(O)c1ccc(Sc2nc[nH]c(=O)c2Cl)o1. The number of nitrogens with one attached hydrogen (secondary N) is 1. The first kappa shape index (κ1) is 11.7. The lowest BCUT2D eigenvalue weighted by Gasteiger charge is -1.98. The Kier molecular flexibility index (Phi) is 3.21. The minimum atomic E-state index is -1.16. The molecule has 0 saturated heterocycles. The summed E-state index contributed by atoms with van der Waals surface area (Å²) in [5, 5.41) is 9.14. The van der Waals surface area contributed by atoms with Gasteiger partial charge in [-0.1, -0.05) is 11.6 Å². The highest BCUT2D eigenvalue weighted by Gasteiger charge is 2.13. The number of nitrogens with zero attached hydrogens (tertiary/aromatic N) is 1. The van der Waals surface area contributed by atoms with E-state index >= 15 is 0 Å². The number of aromatic carboxylic acids is 1. The lowest BCUT2D eigenvalue weighted by Crippen LogP contribution is -2.07. The van der Waals surface area contributed by atoms with Crippen molar-refractivity contribution >= 4 is 29.3 Å². The number of furan rings is 1. The predicted octanol–water partition coefficient (Wildman–Crippen LogP) is 1.87. The van der Waals surface area contributed by atoms with Crippen LogP contribution in [0.5, 0.6) is 0 Å². The molecule has 0 aliphatic heterocycles. The minimum absolute atomic E-state index is 0.0641. The van der Waals surface area contributed by atoms with Gasteiger partial charge in [0.25, 0.3) is 5.56 Å². The quantitative estimate of drug-likeness (QED) is 0.828. The zero-order valence-corrected chi connectivity index (χ0v) is 9.71. The molecular formula is C9H5ClN2O4S. The van der Waals surface area contributed by atoms with Crippen molar-refractivity contribution in [3.05, 3.63) is 39.6 Å². The van der Waals surface area contributed by atoms with Crippen molar-refractivity contribution in [2.75, 3.05) is 0 Å². The number of carbonyl (C=O) groups is 1. The molecule has 8 heteroatoms. The number of aromatic amines is 1. The molecule has 0 saturated carbocycles. The van der Waals surface area contributed by atoms with Crippen molar-refractivity contribution in [3.63, 3.8) is 0 Å². The Balaban J connectivity index is 2.28. The summed E-state index contributed by atoms with van der Waals surface area (Å²) in [4.78, 5) is 27.9. The molecule has 2 heterocycles. The number of aromatic nitrogens is 2. The number of carboxylic acids is 1. The molecule has 0 aliphatic rings. The van der Waals surface area contributed by atoms with E-state index < -0.39 is 11.5 Å². The van der Waals surface area contributed by atoms with E-state index in [2.05, 4.69) is 9.97 Å². The van der Waals surface area contributed by atoms with Crippen molar-refractivity contribution in [2.24, 2.45) is 0 Å². The molecule has 0 aliphatic carbocycles. The first-order valence-electron chi connectivity index (χ1n) is 4.32. The third-order valence-corrected chi connectivity index (χ3v) is 3.14. The van der Waals surface area contributed by atoms with E-state index in [4.69, 9.17) is 21.1 Å². The van der Waals surface area contributed by atoms with Gasteiger partial charge in [-0.05, 0) is 23.9 Å². The Morgan fingerprint density at radius 3 is 2.94 bits per heavy atom. The fourth-order valence-electron chi connectivity index (χ4n) is 1.02. The molecule has 0 unspecified atom stereocenters. The van der Waals surface area contributed by atoms with Gasteiger partial charge in [-0.25, -0.2) is 9.78 Å². The van der Waals surface area contributed by atoms with E-state index in [0.29, 0.717) is 5.09 Å². The molecule has 88 valence electrons. The number of halogens is 1. The van der Waals surface area contributed by atoms with Crippen LogP contribution in [0.15, 0.2) is 37.8 Å². The van der Waals surface area contributed by atoms with E-state index in [-0.39, 0.29) is 15.8 Å². The number of hydrogen-bond donors (Lipinski definition) is 2. The molecule has 2 aromatic rings. The van der Waals surface area contributed by atoms with E-state index in [0.717, 1.165) is 11.8 Å². The Morgan fingerprint density at radius 1 is 1.53 bits per heavy atom. The average Bonchev–Trinajstić information content (AvgIpc) is 2.73. The molecule has 0 fully saturated rings. The van der Waals surface area contributed by atoms with Crippen LogP contribution < -0.4 is 5.56 Å². The van der Waals surface area contributed by atoms with E-state index in [9.17, 15) is 9.59 Å². The molecule has 2 aromatic heterocycles. The Bertz CT molecular complexity index is 621. The van der Waals surface area contributed by atoms with Crippen molar-refractivity contribution < 1.29 is 14.3 Å². The normalized spacial score (nSPS) is 10.4. The van der Waals surface area contributed by atoms with Crippen LogP contribution in [0.25, 0.3) is 0 Å². The summed E-state index contributed by atoms with van der Waals surface area (Å²) in [5.41, 5.74) is -0.464. The van der Waals surface area contributed by atoms with Gasteiger partial charge in [0.15, 0.2) is 5.09 Å². The van der Waals surface area contributed by atoms with Crippen LogP contribution in [0.2, 0.25) is 5.02 Å². The number of H-pyrrole nitrogens is 1. The number of hydrogen-bond acceptors (Lipinski definition) is 5. The van der Waals surface area contributed by atoms with Crippen molar-refractivity contribution in [3.8, 4) is 0 Å². The summed E-state index contributed by atoms with van der Waals surface area (Å²) < 4.78 is 5.00. The zero-order valence-electron chi connectivity index (χ0n) is 8.14. The van der Waals surface area contributed by atoms with Crippen LogP contribution in [-0.4, -0.2) is 21.0 Å². The fourth-order valence-corrected chi connectivity index (χ4v) is 1.99. The standard InChI is InChI=1S/C9H5ClN2O4S/c10-6-7(13)11-3-12-8(6)17-5-2-1-4(16-5)9(14)15/h1-3H,(H,14,15)(H,11,12,13). The van der Waals surface area contributed by atoms with Gasteiger partial charge in [0.2, 0.25) is 5.76 Å². The van der Waals surface area contributed by atoms with Gasteiger partial charge in [0.05, 0.1) is 6.33 Å². The van der Waals surface area contributed by atoms with Gasteiger partial charge >= 0.3 is 5.97 Å². The summed E-state index contributed by atoms with van der Waals surface area (Å²) in [5.74, 6) is -1.35. The minimum Gasteiger partial charge on any atom is -0.475 e. The molecule has 0 bridgehead atoms. The Hall–Kier alpha value is -1.73. The smallest absolute Gasteiger partial charge is 0.371 e. The van der Waals surface area contributed by atoms with E-state index in [1.165, 1.54) is 18.5 Å². The maximum atomic E-state index is 11.2. The largest absolute Gasteiger partial charge is 0.475 e. The van der Waals surface area contributed by atoms with Crippen molar-refractivity contribution in [1.82, 2.24) is 9.97 Å². The summed E-state index contributed by atoms with van der Waals surface area (Å²) in [6, 6.07) is 2.78. The highest BCUT2D eigenvalue weighted by atomic mass is 35.5. The molecule has 2 rings (SSSR count). The molecule has 17 heavy (non-hydrogen) atoms. The maximum Gasteiger partial charge on any atom is 0.371 e. The first-order valence-corrected chi connectivity index (χ1v) is 5.51. The van der Waals surface area contributed by atoms with Gasteiger partial charge in [0.1, 0.15) is 10.0 Å². The van der Waals surface area contributed by atoms with Crippen LogP contribution >= 0.6 is 23.4 Å². The highest BCUT2D eigenvalue weighted by Crippen LogP contribution is 2.30. The van der Waals surface area contributed by atoms with Crippen LogP contribution in [-0.2, 0) is 0 Å². The summed E-state index contributed by atoms with van der Waals surface area (Å²) in [7, 11) is 0. The predicted molar refractivity (Wildman–Crippen MR) is 59.7 cm³/mol. The van der Waals surface area contributed by atoms with Gasteiger partial charge in [-0.3, -0.25) is 4.79 Å². The summed E-state index contributed by atoms with van der Waals surface area (Å²) >= 11 is 6.70. The molecule has 0 radical (unpaired) electrons. The number of carboxylic acid groups (broad SMARTS) is 1. The van der Waals surface area contributed by atoms with Crippen LogP contribution in [0.4, 0.5) is 0 Å². The molecule has 0 spiro atoms. The van der Waals surface area contributed by atoms with Crippen molar-refractivity contribution in [2.45, 2.75) is 10.1 Å². The van der Waals surface area contributed by atoms with Gasteiger partial charge in [0, 0.05) is 0 Å². The Labute approximate surface area is 104 Å². The van der Waals surface area contributed by atoms with E-state index in [1.807, 2.05) is 0 Å². The second-order valence-corrected chi connectivity index (χ2v) is 4.25. The lowest BCUT2D eigenvalue weighted by molar-refractivity contribution is 0.0656. The second kappa shape index (κ2) is 4.64. The monoisotopic (exact) mass is 272 g/mol. The third kappa shape index (κ3) is 2.51. The Morgan fingerprint density at radius 2 is 2.29 bits per heavy atom. The summed E-state index contributed by atoms with van der Waals surface area (Å²) in [6.45, 7) is 0. The maximum absolute atomic E-state index is 11.2. The molecule has 2 N–H and O–H groups in total. The van der Waals surface area contributed by atoms with Gasteiger partial charge in [-0.15, -0.1) is 0 Å². The molecule has 0 aromatic carbocycles. The third-order valence-electron chi connectivity index (χ3n) is 1.75. The zero-order chi connectivity index (χ0) is 12.4. The second-order valence-electron chi connectivity index (χ2n) is 2.88. The molecule has 0 amide bonds.